The maximum atomic E-state index is 5.67. The molecule has 0 aromatic heterocycles. The minimum atomic E-state index is 0.441. The lowest BCUT2D eigenvalue weighted by Crippen LogP contribution is -2.18. The number of rotatable bonds is 2. The van der Waals surface area contributed by atoms with Crippen molar-refractivity contribution in [1.82, 2.24) is 0 Å². The average molecular weight is 325 g/mol. The summed E-state index contributed by atoms with van der Waals surface area (Å²) in [6.07, 6.45) is 5.37. The fourth-order valence-corrected chi connectivity index (χ4v) is 3.90. The molecule has 1 aliphatic carbocycles. The molecule has 1 aromatic carbocycles. The van der Waals surface area contributed by atoms with Crippen LogP contribution in [0.15, 0.2) is 18.2 Å². The number of hydrogen-bond donors (Lipinski definition) is 0. The summed E-state index contributed by atoms with van der Waals surface area (Å²) >= 11 is 3.90. The third-order valence-corrected chi connectivity index (χ3v) is 5.64. The molecule has 3 rings (SSSR count). The highest BCUT2D eigenvalue weighted by molar-refractivity contribution is 9.09. The molecule has 1 saturated carbocycles. The van der Waals surface area contributed by atoms with E-state index in [1.54, 1.807) is 0 Å². The van der Waals surface area contributed by atoms with Crippen molar-refractivity contribution in [3.63, 3.8) is 0 Å². The van der Waals surface area contributed by atoms with Crippen molar-refractivity contribution in [3.8, 4) is 11.5 Å². The summed E-state index contributed by atoms with van der Waals surface area (Å²) in [6, 6.07) is 6.36. The number of alkyl halides is 1. The Bertz CT molecular complexity index is 438. The second-order valence-electron chi connectivity index (χ2n) is 5.82. The maximum Gasteiger partial charge on any atom is 0.161 e. The average Bonchev–Trinajstić information content (AvgIpc) is 2.47. The Hall–Kier alpha value is -0.700. The predicted molar refractivity (Wildman–Crippen MR) is 80.2 cm³/mol. The Labute approximate surface area is 123 Å². The molecule has 3 heteroatoms. The SMILES string of the molecule is CC1CCC(C(Br)c2ccc3c(c2)OCCO3)CC1. The summed E-state index contributed by atoms with van der Waals surface area (Å²) in [4.78, 5) is 0.441. The van der Waals surface area contributed by atoms with Gasteiger partial charge in [-0.05, 0) is 42.4 Å². The van der Waals surface area contributed by atoms with Crippen molar-refractivity contribution in [2.24, 2.45) is 11.8 Å². The molecule has 19 heavy (non-hydrogen) atoms. The second kappa shape index (κ2) is 5.74. The van der Waals surface area contributed by atoms with Crippen LogP contribution < -0.4 is 9.47 Å². The van der Waals surface area contributed by atoms with Crippen molar-refractivity contribution in [2.45, 2.75) is 37.4 Å². The van der Waals surface area contributed by atoms with Crippen molar-refractivity contribution in [2.75, 3.05) is 13.2 Å². The highest BCUT2D eigenvalue weighted by Gasteiger charge is 2.26. The highest BCUT2D eigenvalue weighted by atomic mass is 79.9. The Kier molecular flexibility index (Phi) is 4.01. The number of hydrogen-bond acceptors (Lipinski definition) is 2. The Morgan fingerprint density at radius 2 is 1.74 bits per heavy atom. The third kappa shape index (κ3) is 2.91. The van der Waals surface area contributed by atoms with E-state index in [0.29, 0.717) is 18.0 Å². The van der Waals surface area contributed by atoms with Gasteiger partial charge in [-0.1, -0.05) is 41.8 Å². The Morgan fingerprint density at radius 1 is 1.05 bits per heavy atom. The quantitative estimate of drug-likeness (QED) is 0.733. The lowest BCUT2D eigenvalue weighted by Gasteiger charge is -2.30. The fraction of sp³-hybridized carbons (Fsp3) is 0.625. The smallest absolute Gasteiger partial charge is 0.161 e. The van der Waals surface area contributed by atoms with Crippen LogP contribution in [0.4, 0.5) is 0 Å². The van der Waals surface area contributed by atoms with E-state index in [1.807, 2.05) is 6.07 Å². The summed E-state index contributed by atoms with van der Waals surface area (Å²) in [7, 11) is 0. The van der Waals surface area contributed by atoms with E-state index in [0.717, 1.165) is 23.3 Å². The minimum Gasteiger partial charge on any atom is -0.486 e. The molecule has 1 aliphatic heterocycles. The summed E-state index contributed by atoms with van der Waals surface area (Å²) in [5.74, 6) is 3.43. The molecule has 1 fully saturated rings. The zero-order valence-electron chi connectivity index (χ0n) is 11.4. The van der Waals surface area contributed by atoms with Crippen LogP contribution in [-0.2, 0) is 0 Å². The van der Waals surface area contributed by atoms with Crippen molar-refractivity contribution >= 4 is 15.9 Å². The van der Waals surface area contributed by atoms with Crippen LogP contribution in [0.5, 0.6) is 11.5 Å². The van der Waals surface area contributed by atoms with Gasteiger partial charge in [0.15, 0.2) is 11.5 Å². The van der Waals surface area contributed by atoms with Gasteiger partial charge in [-0.25, -0.2) is 0 Å². The normalized spacial score (nSPS) is 27.9. The van der Waals surface area contributed by atoms with Crippen molar-refractivity contribution < 1.29 is 9.47 Å². The molecule has 1 unspecified atom stereocenters. The van der Waals surface area contributed by atoms with Gasteiger partial charge in [0.1, 0.15) is 13.2 Å². The van der Waals surface area contributed by atoms with E-state index in [-0.39, 0.29) is 0 Å². The highest BCUT2D eigenvalue weighted by Crippen LogP contribution is 2.43. The van der Waals surface area contributed by atoms with Gasteiger partial charge < -0.3 is 9.47 Å². The maximum absolute atomic E-state index is 5.67. The first-order chi connectivity index (χ1) is 9.24. The van der Waals surface area contributed by atoms with Crippen molar-refractivity contribution in [1.29, 1.82) is 0 Å². The van der Waals surface area contributed by atoms with E-state index in [2.05, 4.69) is 35.0 Å². The molecule has 0 radical (unpaired) electrons. The van der Waals surface area contributed by atoms with Gasteiger partial charge in [0.2, 0.25) is 0 Å². The molecular formula is C16H21BrO2. The van der Waals surface area contributed by atoms with E-state index >= 15 is 0 Å². The first-order valence-electron chi connectivity index (χ1n) is 7.27. The van der Waals surface area contributed by atoms with Crippen LogP contribution in [0.25, 0.3) is 0 Å². The zero-order chi connectivity index (χ0) is 13.2. The van der Waals surface area contributed by atoms with Crippen LogP contribution in [-0.4, -0.2) is 13.2 Å². The molecule has 0 saturated heterocycles. The minimum absolute atomic E-state index is 0.441. The summed E-state index contributed by atoms with van der Waals surface area (Å²) in [6.45, 7) is 3.68. The molecule has 2 aliphatic rings. The molecule has 1 atom stereocenters. The lowest BCUT2D eigenvalue weighted by molar-refractivity contribution is 0.171. The van der Waals surface area contributed by atoms with Crippen LogP contribution in [0.3, 0.4) is 0 Å². The second-order valence-corrected chi connectivity index (χ2v) is 6.81. The van der Waals surface area contributed by atoms with Gasteiger partial charge in [0, 0.05) is 4.83 Å². The summed E-state index contributed by atoms with van der Waals surface area (Å²) < 4.78 is 11.3. The molecule has 1 heterocycles. The molecule has 2 nitrogen and oxygen atoms in total. The fourth-order valence-electron chi connectivity index (χ4n) is 3.08. The number of fused-ring (bicyclic) bond motifs is 1. The molecule has 1 aromatic rings. The van der Waals surface area contributed by atoms with Gasteiger partial charge >= 0.3 is 0 Å². The summed E-state index contributed by atoms with van der Waals surface area (Å²) in [5.41, 5.74) is 1.32. The van der Waals surface area contributed by atoms with E-state index in [4.69, 9.17) is 9.47 Å². The Balaban J connectivity index is 1.74. The molecule has 104 valence electrons. The molecule has 0 spiro atoms. The first-order valence-corrected chi connectivity index (χ1v) is 8.19. The number of benzene rings is 1. The number of halogens is 1. The largest absolute Gasteiger partial charge is 0.486 e. The van der Waals surface area contributed by atoms with E-state index in [1.165, 1.54) is 31.2 Å². The topological polar surface area (TPSA) is 18.5 Å². The number of ether oxygens (including phenoxy) is 2. The summed E-state index contributed by atoms with van der Waals surface area (Å²) in [5, 5.41) is 0. The Morgan fingerprint density at radius 3 is 2.47 bits per heavy atom. The standard InChI is InChI=1S/C16H21BrO2/c1-11-2-4-12(5-3-11)16(17)13-6-7-14-15(10-13)19-9-8-18-14/h6-7,10-12,16H,2-5,8-9H2,1H3. The molecular weight excluding hydrogens is 304 g/mol. The molecule has 0 N–H and O–H groups in total. The lowest BCUT2D eigenvalue weighted by atomic mass is 9.80. The van der Waals surface area contributed by atoms with Crippen LogP contribution in [0.1, 0.15) is 43.0 Å². The van der Waals surface area contributed by atoms with Gasteiger partial charge in [-0.15, -0.1) is 0 Å². The van der Waals surface area contributed by atoms with Crippen molar-refractivity contribution in [3.05, 3.63) is 23.8 Å². The van der Waals surface area contributed by atoms with E-state index < -0.39 is 0 Å². The van der Waals surface area contributed by atoms with Gasteiger partial charge in [0.05, 0.1) is 0 Å². The van der Waals surface area contributed by atoms with E-state index in [9.17, 15) is 0 Å². The third-order valence-electron chi connectivity index (χ3n) is 4.36. The van der Waals surface area contributed by atoms with Gasteiger partial charge in [-0.3, -0.25) is 0 Å². The first kappa shape index (κ1) is 13.3. The van der Waals surface area contributed by atoms with Gasteiger partial charge in [0.25, 0.3) is 0 Å². The van der Waals surface area contributed by atoms with Crippen LogP contribution in [0, 0.1) is 11.8 Å². The molecule has 0 amide bonds. The molecule has 0 bridgehead atoms. The van der Waals surface area contributed by atoms with Crippen LogP contribution in [0.2, 0.25) is 0 Å². The van der Waals surface area contributed by atoms with Crippen LogP contribution >= 0.6 is 15.9 Å². The zero-order valence-corrected chi connectivity index (χ0v) is 13.0. The monoisotopic (exact) mass is 324 g/mol. The predicted octanol–water partition coefficient (Wildman–Crippen LogP) is 4.72. The van der Waals surface area contributed by atoms with Gasteiger partial charge in [-0.2, -0.15) is 0 Å².